The zero-order valence-corrected chi connectivity index (χ0v) is 9.73. The molecule has 86 valence electrons. The third-order valence-electron chi connectivity index (χ3n) is 2.25. The number of nitriles is 1. The van der Waals surface area contributed by atoms with Crippen molar-refractivity contribution in [2.75, 3.05) is 19.0 Å². The Labute approximate surface area is 96.3 Å². The Morgan fingerprint density at radius 2 is 2.44 bits per heavy atom. The van der Waals surface area contributed by atoms with Crippen molar-refractivity contribution in [3.05, 3.63) is 23.9 Å². The lowest BCUT2D eigenvalue weighted by Crippen LogP contribution is -2.25. The van der Waals surface area contributed by atoms with Crippen molar-refractivity contribution in [2.45, 2.75) is 25.8 Å². The van der Waals surface area contributed by atoms with E-state index >= 15 is 0 Å². The van der Waals surface area contributed by atoms with Crippen LogP contribution in [0.4, 0.5) is 5.82 Å². The molecule has 0 amide bonds. The number of anilines is 1. The van der Waals surface area contributed by atoms with Gasteiger partial charge in [0.1, 0.15) is 5.82 Å². The SMILES string of the molecule is CCCC(COC)Nc1cc(C#N)ccn1. The van der Waals surface area contributed by atoms with Crippen LogP contribution in [0, 0.1) is 11.3 Å². The highest BCUT2D eigenvalue weighted by atomic mass is 16.5. The van der Waals surface area contributed by atoms with E-state index < -0.39 is 0 Å². The molecule has 0 spiro atoms. The molecule has 4 nitrogen and oxygen atoms in total. The molecule has 0 aromatic carbocycles. The van der Waals surface area contributed by atoms with Gasteiger partial charge in [-0.25, -0.2) is 4.98 Å². The highest BCUT2D eigenvalue weighted by molar-refractivity contribution is 5.42. The van der Waals surface area contributed by atoms with Crippen LogP contribution in [0.15, 0.2) is 18.3 Å². The minimum Gasteiger partial charge on any atom is -0.383 e. The third-order valence-corrected chi connectivity index (χ3v) is 2.25. The van der Waals surface area contributed by atoms with Crippen molar-refractivity contribution in [1.29, 1.82) is 5.26 Å². The Balaban J connectivity index is 2.65. The second-order valence-electron chi connectivity index (χ2n) is 3.63. The predicted octanol–water partition coefficient (Wildman–Crippen LogP) is 2.18. The highest BCUT2D eigenvalue weighted by Crippen LogP contribution is 2.10. The van der Waals surface area contributed by atoms with E-state index in [-0.39, 0.29) is 6.04 Å². The van der Waals surface area contributed by atoms with Gasteiger partial charge in [0.2, 0.25) is 0 Å². The zero-order chi connectivity index (χ0) is 11.8. The molecule has 4 heteroatoms. The topological polar surface area (TPSA) is 57.9 Å². The molecule has 1 rings (SSSR count). The van der Waals surface area contributed by atoms with Gasteiger partial charge in [-0.15, -0.1) is 0 Å². The van der Waals surface area contributed by atoms with Gasteiger partial charge >= 0.3 is 0 Å². The van der Waals surface area contributed by atoms with Gasteiger partial charge in [0, 0.05) is 13.3 Å². The van der Waals surface area contributed by atoms with Crippen LogP contribution >= 0.6 is 0 Å². The summed E-state index contributed by atoms with van der Waals surface area (Å²) in [7, 11) is 1.68. The van der Waals surface area contributed by atoms with E-state index in [0.29, 0.717) is 12.2 Å². The number of aromatic nitrogens is 1. The smallest absolute Gasteiger partial charge is 0.127 e. The fraction of sp³-hybridized carbons (Fsp3) is 0.500. The van der Waals surface area contributed by atoms with Crippen LogP contribution in [0.3, 0.4) is 0 Å². The lowest BCUT2D eigenvalue weighted by molar-refractivity contribution is 0.182. The monoisotopic (exact) mass is 219 g/mol. The maximum Gasteiger partial charge on any atom is 0.127 e. The molecule has 0 aliphatic rings. The number of pyridine rings is 1. The van der Waals surface area contributed by atoms with Crippen molar-refractivity contribution < 1.29 is 4.74 Å². The van der Waals surface area contributed by atoms with Gasteiger partial charge in [-0.2, -0.15) is 5.26 Å². The number of nitrogens with zero attached hydrogens (tertiary/aromatic N) is 2. The maximum absolute atomic E-state index is 8.77. The zero-order valence-electron chi connectivity index (χ0n) is 9.73. The van der Waals surface area contributed by atoms with E-state index in [4.69, 9.17) is 10.00 Å². The Morgan fingerprint density at radius 1 is 1.62 bits per heavy atom. The van der Waals surface area contributed by atoms with Crippen LogP contribution < -0.4 is 5.32 Å². The van der Waals surface area contributed by atoms with Gasteiger partial charge in [0.25, 0.3) is 0 Å². The molecule has 0 aliphatic carbocycles. The van der Waals surface area contributed by atoms with E-state index in [2.05, 4.69) is 23.3 Å². The predicted molar refractivity (Wildman–Crippen MR) is 63.1 cm³/mol. The standard InChI is InChI=1S/C12H17N3O/c1-3-4-11(9-16-2)15-12-7-10(8-13)5-6-14-12/h5-7,11H,3-4,9H2,1-2H3,(H,14,15). The van der Waals surface area contributed by atoms with E-state index in [1.54, 1.807) is 25.4 Å². The van der Waals surface area contributed by atoms with Gasteiger partial charge in [0.15, 0.2) is 0 Å². The third kappa shape index (κ3) is 3.87. The summed E-state index contributed by atoms with van der Waals surface area (Å²) >= 11 is 0. The molecular weight excluding hydrogens is 202 g/mol. The van der Waals surface area contributed by atoms with Crippen LogP contribution in [-0.4, -0.2) is 24.7 Å². The number of hydrogen-bond acceptors (Lipinski definition) is 4. The van der Waals surface area contributed by atoms with Crippen molar-refractivity contribution in [1.82, 2.24) is 4.98 Å². The summed E-state index contributed by atoms with van der Waals surface area (Å²) in [6, 6.07) is 5.78. The number of ether oxygens (including phenoxy) is 1. The second kappa shape index (κ2) is 6.81. The van der Waals surface area contributed by atoms with Gasteiger partial charge in [-0.05, 0) is 18.6 Å². The minimum absolute atomic E-state index is 0.247. The van der Waals surface area contributed by atoms with E-state index in [1.807, 2.05) is 0 Å². The summed E-state index contributed by atoms with van der Waals surface area (Å²) in [6.45, 7) is 2.77. The first-order valence-electron chi connectivity index (χ1n) is 5.41. The lowest BCUT2D eigenvalue weighted by Gasteiger charge is -2.17. The van der Waals surface area contributed by atoms with E-state index in [1.165, 1.54) is 0 Å². The molecule has 1 unspecified atom stereocenters. The normalized spacial score (nSPS) is 11.8. The summed E-state index contributed by atoms with van der Waals surface area (Å²) in [5, 5.41) is 12.0. The summed E-state index contributed by atoms with van der Waals surface area (Å²) in [6.07, 6.45) is 3.74. The Morgan fingerprint density at radius 3 is 3.06 bits per heavy atom. The van der Waals surface area contributed by atoms with Crippen LogP contribution in [0.5, 0.6) is 0 Å². The van der Waals surface area contributed by atoms with Crippen LogP contribution in [0.25, 0.3) is 0 Å². The Hall–Kier alpha value is -1.60. The maximum atomic E-state index is 8.77. The van der Waals surface area contributed by atoms with Gasteiger partial charge in [-0.1, -0.05) is 13.3 Å². The highest BCUT2D eigenvalue weighted by Gasteiger charge is 2.07. The number of methoxy groups -OCH3 is 1. The number of rotatable bonds is 6. The first kappa shape index (κ1) is 12.5. The lowest BCUT2D eigenvalue weighted by atomic mass is 10.2. The minimum atomic E-state index is 0.247. The summed E-state index contributed by atoms with van der Waals surface area (Å²) < 4.78 is 5.13. The summed E-state index contributed by atoms with van der Waals surface area (Å²) in [4.78, 5) is 4.17. The Kier molecular flexibility index (Phi) is 5.30. The van der Waals surface area contributed by atoms with Gasteiger partial charge in [-0.3, -0.25) is 0 Å². The summed E-state index contributed by atoms with van der Waals surface area (Å²) in [5.41, 5.74) is 0.616. The van der Waals surface area contributed by atoms with Crippen LogP contribution in [-0.2, 0) is 4.74 Å². The first-order chi connectivity index (χ1) is 7.80. The molecule has 0 bridgehead atoms. The molecule has 0 aliphatic heterocycles. The average Bonchev–Trinajstić information content (AvgIpc) is 2.30. The molecule has 1 N–H and O–H groups in total. The van der Waals surface area contributed by atoms with Crippen molar-refractivity contribution in [3.8, 4) is 6.07 Å². The van der Waals surface area contributed by atoms with Crippen LogP contribution in [0.1, 0.15) is 25.3 Å². The quantitative estimate of drug-likeness (QED) is 0.796. The van der Waals surface area contributed by atoms with Crippen molar-refractivity contribution >= 4 is 5.82 Å². The van der Waals surface area contributed by atoms with Crippen molar-refractivity contribution in [3.63, 3.8) is 0 Å². The second-order valence-corrected chi connectivity index (χ2v) is 3.63. The van der Waals surface area contributed by atoms with E-state index in [0.717, 1.165) is 18.7 Å². The molecule has 1 aromatic heterocycles. The number of hydrogen-bond donors (Lipinski definition) is 1. The Bertz CT molecular complexity index is 354. The molecule has 16 heavy (non-hydrogen) atoms. The molecule has 0 fully saturated rings. The fourth-order valence-electron chi connectivity index (χ4n) is 1.53. The van der Waals surface area contributed by atoms with Crippen LogP contribution in [0.2, 0.25) is 0 Å². The molecule has 0 saturated carbocycles. The molecule has 0 saturated heterocycles. The molecule has 1 aromatic rings. The average molecular weight is 219 g/mol. The van der Waals surface area contributed by atoms with Crippen molar-refractivity contribution in [2.24, 2.45) is 0 Å². The van der Waals surface area contributed by atoms with Gasteiger partial charge in [0.05, 0.1) is 24.3 Å². The van der Waals surface area contributed by atoms with E-state index in [9.17, 15) is 0 Å². The fourth-order valence-corrected chi connectivity index (χ4v) is 1.53. The first-order valence-corrected chi connectivity index (χ1v) is 5.41. The molecule has 1 heterocycles. The van der Waals surface area contributed by atoms with Gasteiger partial charge < -0.3 is 10.1 Å². The number of nitrogens with one attached hydrogen (secondary N) is 1. The molecule has 1 atom stereocenters. The summed E-state index contributed by atoms with van der Waals surface area (Å²) in [5.74, 6) is 0.731. The molecule has 0 radical (unpaired) electrons. The molecular formula is C12H17N3O. The largest absolute Gasteiger partial charge is 0.383 e.